The van der Waals surface area contributed by atoms with E-state index in [0.717, 1.165) is 0 Å². The molecule has 0 saturated carbocycles. The Morgan fingerprint density at radius 3 is 2.30 bits per heavy atom. The van der Waals surface area contributed by atoms with E-state index in [2.05, 4.69) is 62.8 Å². The number of halogens is 2. The second kappa shape index (κ2) is 4.13. The van der Waals surface area contributed by atoms with Gasteiger partial charge in [-0.25, -0.2) is 0 Å². The molecule has 2 heteroatoms. The lowest BCUT2D eigenvalue weighted by Gasteiger charge is -1.90. The molecule has 0 atom stereocenters. The van der Waals surface area contributed by atoms with E-state index in [9.17, 15) is 0 Å². The first-order chi connectivity index (χ1) is 4.83. The molecule has 0 aliphatic rings. The van der Waals surface area contributed by atoms with Gasteiger partial charge in [-0.3, -0.25) is 0 Å². The average Bonchev–Trinajstić information content (AvgIpc) is 1.95. The van der Waals surface area contributed by atoms with Crippen LogP contribution in [0.4, 0.5) is 0 Å². The Labute approximate surface area is 82.6 Å². The first-order valence-electron chi connectivity index (χ1n) is 2.85. The minimum Gasteiger partial charge on any atom is -0.0595 e. The Kier molecular flexibility index (Phi) is 3.42. The molecule has 0 nitrogen and oxygen atoms in total. The molecule has 0 aromatic heterocycles. The maximum atomic E-state index is 3.22. The highest BCUT2D eigenvalue weighted by molar-refractivity contribution is 14.1. The Bertz CT molecular complexity index is 226. The zero-order valence-corrected chi connectivity index (χ0v) is 8.96. The smallest absolute Gasteiger partial charge is 0.0130 e. The molecule has 0 fully saturated rings. The van der Waals surface area contributed by atoms with E-state index in [1.807, 2.05) is 11.1 Å². The lowest BCUT2D eigenvalue weighted by atomic mass is 10.2. The SMILES string of the molecule is BrC=Cc1ccc(I)cc1. The van der Waals surface area contributed by atoms with E-state index < -0.39 is 0 Å². The Balaban J connectivity index is 2.89. The topological polar surface area (TPSA) is 0 Å². The zero-order valence-electron chi connectivity index (χ0n) is 5.22. The Hall–Kier alpha value is 0.170. The summed E-state index contributed by atoms with van der Waals surface area (Å²) in [5.74, 6) is 0. The lowest BCUT2D eigenvalue weighted by Crippen LogP contribution is -1.71. The van der Waals surface area contributed by atoms with Crippen molar-refractivity contribution in [1.82, 2.24) is 0 Å². The summed E-state index contributed by atoms with van der Waals surface area (Å²) in [5.41, 5.74) is 1.22. The molecular formula is C8H6BrI. The van der Waals surface area contributed by atoms with Crippen molar-refractivity contribution in [3.05, 3.63) is 38.4 Å². The lowest BCUT2D eigenvalue weighted by molar-refractivity contribution is 1.61. The van der Waals surface area contributed by atoms with Gasteiger partial charge in [-0.2, -0.15) is 0 Å². The van der Waals surface area contributed by atoms with E-state index in [0.29, 0.717) is 0 Å². The molecule has 0 N–H and O–H groups in total. The summed E-state index contributed by atoms with van der Waals surface area (Å²) in [4.78, 5) is 1.86. The third-order valence-corrected chi connectivity index (χ3v) is 2.11. The van der Waals surface area contributed by atoms with E-state index in [-0.39, 0.29) is 0 Å². The van der Waals surface area contributed by atoms with Crippen molar-refractivity contribution in [2.75, 3.05) is 0 Å². The van der Waals surface area contributed by atoms with Crippen LogP contribution in [0.3, 0.4) is 0 Å². The Morgan fingerprint density at radius 1 is 1.20 bits per heavy atom. The summed E-state index contributed by atoms with van der Waals surface area (Å²) < 4.78 is 1.27. The molecule has 0 amide bonds. The minimum atomic E-state index is 1.22. The highest BCUT2D eigenvalue weighted by atomic mass is 127. The van der Waals surface area contributed by atoms with Gasteiger partial charge in [-0.05, 0) is 51.3 Å². The predicted molar refractivity (Wildman–Crippen MR) is 57.1 cm³/mol. The second-order valence-electron chi connectivity index (χ2n) is 1.84. The molecule has 0 aliphatic heterocycles. The van der Waals surface area contributed by atoms with E-state index in [1.165, 1.54) is 9.13 Å². The van der Waals surface area contributed by atoms with Crippen molar-refractivity contribution in [1.29, 1.82) is 0 Å². The first kappa shape index (κ1) is 8.27. The van der Waals surface area contributed by atoms with Gasteiger partial charge in [0.25, 0.3) is 0 Å². The van der Waals surface area contributed by atoms with E-state index >= 15 is 0 Å². The summed E-state index contributed by atoms with van der Waals surface area (Å²) >= 11 is 5.51. The van der Waals surface area contributed by atoms with Gasteiger partial charge in [0.2, 0.25) is 0 Å². The van der Waals surface area contributed by atoms with Crippen molar-refractivity contribution in [3.8, 4) is 0 Å². The highest BCUT2D eigenvalue weighted by Gasteiger charge is 1.84. The molecule has 1 rings (SSSR count). The van der Waals surface area contributed by atoms with Crippen molar-refractivity contribution in [2.24, 2.45) is 0 Å². The highest BCUT2D eigenvalue weighted by Crippen LogP contribution is 2.08. The van der Waals surface area contributed by atoms with E-state index in [1.54, 1.807) is 0 Å². The van der Waals surface area contributed by atoms with Crippen LogP contribution in [-0.4, -0.2) is 0 Å². The zero-order chi connectivity index (χ0) is 7.40. The largest absolute Gasteiger partial charge is 0.0595 e. The monoisotopic (exact) mass is 308 g/mol. The van der Waals surface area contributed by atoms with Crippen LogP contribution in [0, 0.1) is 3.57 Å². The third-order valence-electron chi connectivity index (χ3n) is 1.13. The summed E-state index contributed by atoms with van der Waals surface area (Å²) in [5, 5.41) is 0. The van der Waals surface area contributed by atoms with Crippen molar-refractivity contribution in [2.45, 2.75) is 0 Å². The fraction of sp³-hybridized carbons (Fsp3) is 0. The van der Waals surface area contributed by atoms with E-state index in [4.69, 9.17) is 0 Å². The van der Waals surface area contributed by atoms with Gasteiger partial charge in [0.1, 0.15) is 0 Å². The van der Waals surface area contributed by atoms with Crippen LogP contribution in [0.25, 0.3) is 6.08 Å². The molecule has 1 aromatic rings. The maximum Gasteiger partial charge on any atom is 0.0130 e. The van der Waals surface area contributed by atoms with Crippen LogP contribution in [0.5, 0.6) is 0 Å². The summed E-state index contributed by atoms with van der Waals surface area (Å²) in [6.07, 6.45) is 2.01. The van der Waals surface area contributed by atoms with Crippen LogP contribution in [0.1, 0.15) is 5.56 Å². The van der Waals surface area contributed by atoms with Gasteiger partial charge in [0.15, 0.2) is 0 Å². The van der Waals surface area contributed by atoms with Crippen LogP contribution in [-0.2, 0) is 0 Å². The number of benzene rings is 1. The number of hydrogen-bond donors (Lipinski definition) is 0. The number of rotatable bonds is 1. The second-order valence-corrected chi connectivity index (χ2v) is 3.62. The molecule has 0 unspecified atom stereocenters. The van der Waals surface area contributed by atoms with Crippen LogP contribution in [0.15, 0.2) is 29.3 Å². The molecule has 0 aliphatic carbocycles. The number of hydrogen-bond acceptors (Lipinski definition) is 0. The van der Waals surface area contributed by atoms with Gasteiger partial charge in [0.05, 0.1) is 0 Å². The fourth-order valence-corrected chi connectivity index (χ4v) is 1.31. The van der Waals surface area contributed by atoms with Crippen LogP contribution < -0.4 is 0 Å². The quantitative estimate of drug-likeness (QED) is 0.695. The van der Waals surface area contributed by atoms with Crippen LogP contribution >= 0.6 is 38.5 Å². The van der Waals surface area contributed by atoms with Gasteiger partial charge in [-0.1, -0.05) is 28.1 Å². The normalized spacial score (nSPS) is 10.6. The third kappa shape index (κ3) is 2.42. The van der Waals surface area contributed by atoms with Gasteiger partial charge >= 0.3 is 0 Å². The molecule has 1 aromatic carbocycles. The van der Waals surface area contributed by atoms with Crippen LogP contribution in [0.2, 0.25) is 0 Å². The summed E-state index contributed by atoms with van der Waals surface area (Å²) in [6.45, 7) is 0. The molecular weight excluding hydrogens is 303 g/mol. The van der Waals surface area contributed by atoms with Gasteiger partial charge in [0, 0.05) is 3.57 Å². The minimum absolute atomic E-state index is 1.22. The Morgan fingerprint density at radius 2 is 1.80 bits per heavy atom. The van der Waals surface area contributed by atoms with Gasteiger partial charge < -0.3 is 0 Å². The maximum absolute atomic E-state index is 3.22. The molecule has 0 bridgehead atoms. The van der Waals surface area contributed by atoms with Crippen molar-refractivity contribution >= 4 is 44.6 Å². The molecule has 0 saturated heterocycles. The molecule has 0 heterocycles. The average molecular weight is 309 g/mol. The molecule has 0 radical (unpaired) electrons. The summed E-state index contributed by atoms with van der Waals surface area (Å²) in [7, 11) is 0. The fourth-order valence-electron chi connectivity index (χ4n) is 0.647. The summed E-state index contributed by atoms with van der Waals surface area (Å²) in [6, 6.07) is 8.34. The van der Waals surface area contributed by atoms with Crippen molar-refractivity contribution in [3.63, 3.8) is 0 Å². The molecule has 0 spiro atoms. The molecule has 10 heavy (non-hydrogen) atoms. The molecule has 52 valence electrons. The van der Waals surface area contributed by atoms with Gasteiger partial charge in [-0.15, -0.1) is 0 Å². The van der Waals surface area contributed by atoms with Crippen molar-refractivity contribution < 1.29 is 0 Å². The predicted octanol–water partition coefficient (Wildman–Crippen LogP) is 3.66. The first-order valence-corrected chi connectivity index (χ1v) is 4.85. The standard InChI is InChI=1S/C8H6BrI/c9-6-5-7-1-3-8(10)4-2-7/h1-6H.